The molecule has 106 valence electrons. The van der Waals surface area contributed by atoms with Crippen molar-refractivity contribution in [1.29, 1.82) is 0 Å². The molecule has 0 aliphatic rings. The van der Waals surface area contributed by atoms with Gasteiger partial charge in [0.05, 0.1) is 11.6 Å². The number of carbonyl (C=O) groups is 1. The van der Waals surface area contributed by atoms with Crippen molar-refractivity contribution >= 4 is 11.6 Å². The number of nitrogens with two attached hydrogens (primary N) is 1. The number of aryl methyl sites for hydroxylation is 1. The molecule has 0 spiro atoms. The van der Waals surface area contributed by atoms with E-state index >= 15 is 0 Å². The number of nitrogens with one attached hydrogen (secondary N) is 1. The number of hydrogen-bond acceptors (Lipinski definition) is 5. The van der Waals surface area contributed by atoms with Crippen LogP contribution >= 0.6 is 0 Å². The summed E-state index contributed by atoms with van der Waals surface area (Å²) in [6.07, 6.45) is 0.716. The molecule has 0 saturated heterocycles. The SMILES string of the molecule is CCC(CN)C(=O)Nc1cccc(-n2nnnc2C)c1. The van der Waals surface area contributed by atoms with Crippen LogP contribution in [0, 0.1) is 12.8 Å². The Balaban J connectivity index is 2.19. The maximum absolute atomic E-state index is 12.0. The van der Waals surface area contributed by atoms with E-state index < -0.39 is 0 Å². The first kappa shape index (κ1) is 14.1. The predicted octanol–water partition coefficient (Wildman–Crippen LogP) is 0.894. The summed E-state index contributed by atoms with van der Waals surface area (Å²) in [5.74, 6) is 0.441. The van der Waals surface area contributed by atoms with Crippen LogP contribution in [-0.4, -0.2) is 32.7 Å². The number of hydrogen-bond donors (Lipinski definition) is 2. The van der Waals surface area contributed by atoms with Crippen molar-refractivity contribution in [3.63, 3.8) is 0 Å². The maximum atomic E-state index is 12.0. The third-order valence-electron chi connectivity index (χ3n) is 3.13. The Morgan fingerprint density at radius 2 is 2.30 bits per heavy atom. The first-order valence-corrected chi connectivity index (χ1v) is 6.52. The second kappa shape index (κ2) is 6.25. The predicted molar refractivity (Wildman–Crippen MR) is 75.4 cm³/mol. The molecule has 1 atom stereocenters. The van der Waals surface area contributed by atoms with E-state index in [1.54, 1.807) is 4.68 Å². The zero-order valence-corrected chi connectivity index (χ0v) is 11.6. The molecule has 2 rings (SSSR count). The average molecular weight is 274 g/mol. The van der Waals surface area contributed by atoms with Crippen LogP contribution in [0.4, 0.5) is 5.69 Å². The molecule has 3 N–H and O–H groups in total. The molecular formula is C13H18N6O. The number of benzene rings is 1. The second-order valence-electron chi connectivity index (χ2n) is 4.52. The minimum Gasteiger partial charge on any atom is -0.330 e. The van der Waals surface area contributed by atoms with Gasteiger partial charge < -0.3 is 11.1 Å². The van der Waals surface area contributed by atoms with E-state index in [9.17, 15) is 4.79 Å². The molecule has 0 aliphatic heterocycles. The number of carbonyl (C=O) groups excluding carboxylic acids is 1. The highest BCUT2D eigenvalue weighted by atomic mass is 16.1. The van der Waals surface area contributed by atoms with E-state index in [1.807, 2.05) is 38.1 Å². The van der Waals surface area contributed by atoms with Crippen molar-refractivity contribution in [2.75, 3.05) is 11.9 Å². The molecule has 1 aromatic heterocycles. The van der Waals surface area contributed by atoms with Gasteiger partial charge in [-0.2, -0.15) is 4.68 Å². The van der Waals surface area contributed by atoms with Gasteiger partial charge in [-0.05, 0) is 42.0 Å². The smallest absolute Gasteiger partial charge is 0.228 e. The van der Waals surface area contributed by atoms with E-state index in [0.717, 1.165) is 5.69 Å². The normalized spacial score (nSPS) is 12.2. The van der Waals surface area contributed by atoms with Crippen molar-refractivity contribution < 1.29 is 4.79 Å². The Hall–Kier alpha value is -2.28. The summed E-state index contributed by atoms with van der Waals surface area (Å²) >= 11 is 0. The Kier molecular flexibility index (Phi) is 4.41. The van der Waals surface area contributed by atoms with Gasteiger partial charge in [0.2, 0.25) is 5.91 Å². The Bertz CT molecular complexity index is 590. The topological polar surface area (TPSA) is 98.7 Å². The van der Waals surface area contributed by atoms with Crippen molar-refractivity contribution in [3.8, 4) is 5.69 Å². The van der Waals surface area contributed by atoms with Gasteiger partial charge in [-0.1, -0.05) is 13.0 Å². The Morgan fingerprint density at radius 3 is 2.90 bits per heavy atom. The molecule has 0 saturated carbocycles. The molecule has 1 aromatic carbocycles. The molecule has 0 bridgehead atoms. The van der Waals surface area contributed by atoms with Crippen molar-refractivity contribution in [3.05, 3.63) is 30.1 Å². The molecule has 0 aliphatic carbocycles. The van der Waals surface area contributed by atoms with Crippen LogP contribution < -0.4 is 11.1 Å². The summed E-state index contributed by atoms with van der Waals surface area (Å²) in [7, 11) is 0. The van der Waals surface area contributed by atoms with Gasteiger partial charge in [0, 0.05) is 12.2 Å². The van der Waals surface area contributed by atoms with Crippen molar-refractivity contribution in [1.82, 2.24) is 20.2 Å². The van der Waals surface area contributed by atoms with E-state index in [-0.39, 0.29) is 11.8 Å². The first-order chi connectivity index (χ1) is 9.65. The van der Waals surface area contributed by atoms with Gasteiger partial charge >= 0.3 is 0 Å². The lowest BCUT2D eigenvalue weighted by Gasteiger charge is -2.13. The minimum absolute atomic E-state index is 0.0689. The quantitative estimate of drug-likeness (QED) is 0.843. The lowest BCUT2D eigenvalue weighted by Crippen LogP contribution is -2.28. The third-order valence-corrected chi connectivity index (χ3v) is 3.13. The van der Waals surface area contributed by atoms with Crippen molar-refractivity contribution in [2.24, 2.45) is 11.7 Å². The zero-order valence-electron chi connectivity index (χ0n) is 11.6. The molecule has 0 radical (unpaired) electrons. The molecule has 7 heteroatoms. The average Bonchev–Trinajstić information content (AvgIpc) is 2.86. The molecule has 0 fully saturated rings. The summed E-state index contributed by atoms with van der Waals surface area (Å²) in [6.45, 7) is 4.10. The highest BCUT2D eigenvalue weighted by Crippen LogP contribution is 2.16. The molecular weight excluding hydrogens is 256 g/mol. The third kappa shape index (κ3) is 3.00. The van der Waals surface area contributed by atoms with Gasteiger partial charge in [0.1, 0.15) is 0 Å². The van der Waals surface area contributed by atoms with E-state index in [2.05, 4.69) is 20.8 Å². The van der Waals surface area contributed by atoms with E-state index in [1.165, 1.54) is 0 Å². The van der Waals surface area contributed by atoms with Gasteiger partial charge in [0.25, 0.3) is 0 Å². The van der Waals surface area contributed by atoms with Crippen LogP contribution in [-0.2, 0) is 4.79 Å². The van der Waals surface area contributed by atoms with Crippen molar-refractivity contribution in [2.45, 2.75) is 20.3 Å². The van der Waals surface area contributed by atoms with Crippen LogP contribution in [0.3, 0.4) is 0 Å². The van der Waals surface area contributed by atoms with Gasteiger partial charge in [-0.25, -0.2) is 0 Å². The second-order valence-corrected chi connectivity index (χ2v) is 4.52. The fraction of sp³-hybridized carbons (Fsp3) is 0.385. The summed E-state index contributed by atoms with van der Waals surface area (Å²) < 4.78 is 1.61. The molecule has 1 unspecified atom stereocenters. The zero-order chi connectivity index (χ0) is 14.5. The highest BCUT2D eigenvalue weighted by molar-refractivity contribution is 5.92. The Labute approximate surface area is 117 Å². The van der Waals surface area contributed by atoms with Crippen LogP contribution in [0.5, 0.6) is 0 Å². The number of anilines is 1. The van der Waals surface area contributed by atoms with Gasteiger partial charge in [-0.3, -0.25) is 4.79 Å². The Morgan fingerprint density at radius 1 is 1.50 bits per heavy atom. The van der Waals surface area contributed by atoms with Crippen LogP contribution in [0.25, 0.3) is 5.69 Å². The summed E-state index contributed by atoms with van der Waals surface area (Å²) in [4.78, 5) is 12.0. The number of amides is 1. The number of aromatic nitrogens is 4. The highest BCUT2D eigenvalue weighted by Gasteiger charge is 2.14. The molecule has 2 aromatic rings. The monoisotopic (exact) mass is 274 g/mol. The number of rotatable bonds is 5. The lowest BCUT2D eigenvalue weighted by molar-refractivity contribution is -0.119. The largest absolute Gasteiger partial charge is 0.330 e. The minimum atomic E-state index is -0.173. The van der Waals surface area contributed by atoms with Gasteiger partial charge in [-0.15, -0.1) is 5.10 Å². The molecule has 20 heavy (non-hydrogen) atoms. The fourth-order valence-electron chi connectivity index (χ4n) is 1.89. The standard InChI is InChI=1S/C13H18N6O/c1-3-10(8-14)13(20)15-11-5-4-6-12(7-11)19-9(2)16-17-18-19/h4-7,10H,3,8,14H2,1-2H3,(H,15,20). The molecule has 7 nitrogen and oxygen atoms in total. The fourth-order valence-corrected chi connectivity index (χ4v) is 1.89. The summed E-state index contributed by atoms with van der Waals surface area (Å²) in [6, 6.07) is 7.36. The van der Waals surface area contributed by atoms with E-state index in [4.69, 9.17) is 5.73 Å². The maximum Gasteiger partial charge on any atom is 0.228 e. The first-order valence-electron chi connectivity index (χ1n) is 6.52. The van der Waals surface area contributed by atoms with E-state index in [0.29, 0.717) is 24.5 Å². The van der Waals surface area contributed by atoms with Crippen LogP contribution in [0.1, 0.15) is 19.2 Å². The molecule has 1 heterocycles. The van der Waals surface area contributed by atoms with Crippen LogP contribution in [0.2, 0.25) is 0 Å². The van der Waals surface area contributed by atoms with Crippen LogP contribution in [0.15, 0.2) is 24.3 Å². The lowest BCUT2D eigenvalue weighted by atomic mass is 10.1. The summed E-state index contributed by atoms with van der Waals surface area (Å²) in [5, 5.41) is 14.2. The molecule has 1 amide bonds. The van der Waals surface area contributed by atoms with Gasteiger partial charge in [0.15, 0.2) is 5.82 Å². The summed E-state index contributed by atoms with van der Waals surface area (Å²) in [5.41, 5.74) is 7.07. The number of nitrogens with zero attached hydrogens (tertiary/aromatic N) is 4. The number of tetrazole rings is 1.